The summed E-state index contributed by atoms with van der Waals surface area (Å²) in [6.45, 7) is 7.33. The van der Waals surface area contributed by atoms with Crippen LogP contribution in [-0.2, 0) is 6.54 Å². The number of hydrogen-bond donors (Lipinski definition) is 1. The Kier molecular flexibility index (Phi) is 5.43. The van der Waals surface area contributed by atoms with E-state index in [1.54, 1.807) is 0 Å². The number of halogens is 1. The molecule has 0 aliphatic carbocycles. The van der Waals surface area contributed by atoms with Crippen molar-refractivity contribution in [3.8, 4) is 0 Å². The van der Waals surface area contributed by atoms with Crippen molar-refractivity contribution in [3.63, 3.8) is 0 Å². The molecule has 2 rings (SSSR count). The van der Waals surface area contributed by atoms with Gasteiger partial charge in [0.1, 0.15) is 0 Å². The molecule has 0 aliphatic rings. The van der Waals surface area contributed by atoms with Crippen molar-refractivity contribution in [2.45, 2.75) is 33.4 Å². The molecule has 1 N–H and O–H groups in total. The van der Waals surface area contributed by atoms with E-state index in [-0.39, 0.29) is 0 Å². The molecule has 0 saturated carbocycles. The van der Waals surface area contributed by atoms with Gasteiger partial charge in [0.2, 0.25) is 0 Å². The summed E-state index contributed by atoms with van der Waals surface area (Å²) in [5.74, 6) is 0. The smallest absolute Gasteiger partial charge is 0.0552 e. The van der Waals surface area contributed by atoms with Gasteiger partial charge in [0.05, 0.1) is 5.69 Å². The Bertz CT molecular complexity index is 608. The van der Waals surface area contributed by atoms with Gasteiger partial charge in [-0.2, -0.15) is 0 Å². The molecule has 2 aromatic rings. The summed E-state index contributed by atoms with van der Waals surface area (Å²) in [4.78, 5) is 2.21. The number of benzene rings is 2. The zero-order valence-corrected chi connectivity index (χ0v) is 14.7. The van der Waals surface area contributed by atoms with Crippen molar-refractivity contribution in [2.75, 3.05) is 11.9 Å². The maximum Gasteiger partial charge on any atom is 0.0552 e. The summed E-state index contributed by atoms with van der Waals surface area (Å²) in [5.41, 5.74) is 4.93. The van der Waals surface area contributed by atoms with E-state index in [9.17, 15) is 0 Å². The van der Waals surface area contributed by atoms with Crippen LogP contribution in [0, 0.1) is 6.92 Å². The standard InChI is InChI=1S/C18H23BrN2/c1-13(2)20-12-15-8-9-18(17(19)11-15)21(4)16-7-5-6-14(3)10-16/h5-11,13,20H,12H2,1-4H3. The van der Waals surface area contributed by atoms with E-state index < -0.39 is 0 Å². The molecule has 0 amide bonds. The van der Waals surface area contributed by atoms with E-state index >= 15 is 0 Å². The molecule has 112 valence electrons. The summed E-state index contributed by atoms with van der Waals surface area (Å²) >= 11 is 3.70. The van der Waals surface area contributed by atoms with Crippen LogP contribution in [0.3, 0.4) is 0 Å². The van der Waals surface area contributed by atoms with Gasteiger partial charge in [0.15, 0.2) is 0 Å². The van der Waals surface area contributed by atoms with Crippen LogP contribution in [0.2, 0.25) is 0 Å². The van der Waals surface area contributed by atoms with Crippen LogP contribution >= 0.6 is 15.9 Å². The molecule has 21 heavy (non-hydrogen) atoms. The fourth-order valence-electron chi connectivity index (χ4n) is 2.23. The molecule has 2 nitrogen and oxygen atoms in total. The molecule has 0 heterocycles. The van der Waals surface area contributed by atoms with Crippen LogP contribution in [0.5, 0.6) is 0 Å². The normalized spacial score (nSPS) is 11.0. The second-order valence-electron chi connectivity index (χ2n) is 5.72. The second-order valence-corrected chi connectivity index (χ2v) is 6.57. The van der Waals surface area contributed by atoms with Gasteiger partial charge in [0, 0.05) is 29.8 Å². The summed E-state index contributed by atoms with van der Waals surface area (Å²) in [7, 11) is 2.10. The molecule has 0 radical (unpaired) electrons. The monoisotopic (exact) mass is 346 g/mol. The lowest BCUT2D eigenvalue weighted by Gasteiger charge is -2.22. The van der Waals surface area contributed by atoms with Crippen LogP contribution in [0.4, 0.5) is 11.4 Å². The number of rotatable bonds is 5. The molecular formula is C18H23BrN2. The van der Waals surface area contributed by atoms with Gasteiger partial charge >= 0.3 is 0 Å². The predicted molar refractivity (Wildman–Crippen MR) is 95.4 cm³/mol. The lowest BCUT2D eigenvalue weighted by atomic mass is 10.1. The quantitative estimate of drug-likeness (QED) is 0.817. The van der Waals surface area contributed by atoms with E-state index in [1.807, 2.05) is 0 Å². The molecule has 0 aliphatic heterocycles. The molecule has 0 bridgehead atoms. The summed E-state index contributed by atoms with van der Waals surface area (Å²) < 4.78 is 1.12. The maximum atomic E-state index is 3.70. The van der Waals surface area contributed by atoms with Crippen molar-refractivity contribution in [1.29, 1.82) is 0 Å². The fourth-order valence-corrected chi connectivity index (χ4v) is 2.92. The molecule has 0 spiro atoms. The van der Waals surface area contributed by atoms with Gasteiger partial charge < -0.3 is 10.2 Å². The predicted octanol–water partition coefficient (Wildman–Crippen LogP) is 5.02. The van der Waals surface area contributed by atoms with Crippen LogP contribution in [0.1, 0.15) is 25.0 Å². The lowest BCUT2D eigenvalue weighted by Crippen LogP contribution is -2.21. The Labute approximate surface area is 136 Å². The minimum atomic E-state index is 0.499. The molecule has 2 aromatic carbocycles. The summed E-state index contributed by atoms with van der Waals surface area (Å²) in [5, 5.41) is 3.44. The van der Waals surface area contributed by atoms with Crippen molar-refractivity contribution < 1.29 is 0 Å². The van der Waals surface area contributed by atoms with Gasteiger partial charge in [-0.25, -0.2) is 0 Å². The van der Waals surface area contributed by atoms with Gasteiger partial charge in [-0.05, 0) is 58.2 Å². The highest BCUT2D eigenvalue weighted by Crippen LogP contribution is 2.31. The molecule has 0 saturated heterocycles. The van der Waals surface area contributed by atoms with Crippen LogP contribution in [-0.4, -0.2) is 13.1 Å². The number of anilines is 2. The van der Waals surface area contributed by atoms with E-state index in [0.29, 0.717) is 6.04 Å². The van der Waals surface area contributed by atoms with Gasteiger partial charge in [-0.15, -0.1) is 0 Å². The van der Waals surface area contributed by atoms with Crippen LogP contribution in [0.15, 0.2) is 46.9 Å². The third kappa shape index (κ3) is 4.32. The average molecular weight is 347 g/mol. The summed E-state index contributed by atoms with van der Waals surface area (Å²) in [6, 6.07) is 15.6. The molecule has 0 aromatic heterocycles. The van der Waals surface area contributed by atoms with Crippen molar-refractivity contribution in [2.24, 2.45) is 0 Å². The number of nitrogens with zero attached hydrogens (tertiary/aromatic N) is 1. The van der Waals surface area contributed by atoms with Gasteiger partial charge in [-0.1, -0.05) is 32.0 Å². The van der Waals surface area contributed by atoms with Gasteiger partial charge in [-0.3, -0.25) is 0 Å². The SMILES string of the molecule is Cc1cccc(N(C)c2ccc(CNC(C)C)cc2Br)c1. The Morgan fingerprint density at radius 2 is 1.90 bits per heavy atom. The fraction of sp³-hybridized carbons (Fsp3) is 0.333. The third-order valence-corrected chi connectivity index (χ3v) is 4.11. The maximum absolute atomic E-state index is 3.70. The number of nitrogens with one attached hydrogen (secondary N) is 1. The Balaban J connectivity index is 2.20. The topological polar surface area (TPSA) is 15.3 Å². The first-order valence-corrected chi connectivity index (χ1v) is 8.09. The highest BCUT2D eigenvalue weighted by Gasteiger charge is 2.09. The molecule has 0 fully saturated rings. The zero-order valence-electron chi connectivity index (χ0n) is 13.2. The van der Waals surface area contributed by atoms with Crippen LogP contribution in [0.25, 0.3) is 0 Å². The zero-order chi connectivity index (χ0) is 15.4. The minimum Gasteiger partial charge on any atom is -0.344 e. The average Bonchev–Trinajstić information content (AvgIpc) is 2.44. The first-order valence-electron chi connectivity index (χ1n) is 7.29. The van der Waals surface area contributed by atoms with E-state index in [0.717, 1.165) is 11.0 Å². The molecular weight excluding hydrogens is 324 g/mol. The van der Waals surface area contributed by atoms with Crippen molar-refractivity contribution in [1.82, 2.24) is 5.32 Å². The molecule has 0 atom stereocenters. The van der Waals surface area contributed by atoms with Crippen molar-refractivity contribution in [3.05, 3.63) is 58.1 Å². The first-order chi connectivity index (χ1) is 9.97. The Hall–Kier alpha value is -1.32. The number of hydrogen-bond acceptors (Lipinski definition) is 2. The number of aryl methyl sites for hydroxylation is 1. The van der Waals surface area contributed by atoms with E-state index in [4.69, 9.17) is 0 Å². The first kappa shape index (κ1) is 16.1. The van der Waals surface area contributed by atoms with Gasteiger partial charge in [0.25, 0.3) is 0 Å². The van der Waals surface area contributed by atoms with E-state index in [1.165, 1.54) is 22.5 Å². The highest BCUT2D eigenvalue weighted by atomic mass is 79.9. The Morgan fingerprint density at radius 3 is 2.52 bits per heavy atom. The third-order valence-electron chi connectivity index (χ3n) is 3.48. The Morgan fingerprint density at radius 1 is 1.14 bits per heavy atom. The van der Waals surface area contributed by atoms with E-state index in [2.05, 4.69) is 96.4 Å². The second kappa shape index (κ2) is 7.10. The highest BCUT2D eigenvalue weighted by molar-refractivity contribution is 9.10. The minimum absolute atomic E-state index is 0.499. The summed E-state index contributed by atoms with van der Waals surface area (Å²) in [6.07, 6.45) is 0. The largest absolute Gasteiger partial charge is 0.344 e. The molecule has 3 heteroatoms. The van der Waals surface area contributed by atoms with Crippen LogP contribution < -0.4 is 10.2 Å². The molecule has 0 unspecified atom stereocenters. The lowest BCUT2D eigenvalue weighted by molar-refractivity contribution is 0.589. The van der Waals surface area contributed by atoms with Crippen molar-refractivity contribution >= 4 is 27.3 Å².